The molecule has 1 aromatic rings. The van der Waals surface area contributed by atoms with Gasteiger partial charge in [-0.05, 0) is 51.5 Å². The Hall–Kier alpha value is -0.870. The minimum absolute atomic E-state index is 0.175. The molecule has 0 heterocycles. The summed E-state index contributed by atoms with van der Waals surface area (Å²) < 4.78 is 0.976. The monoisotopic (exact) mass is 299 g/mol. The van der Waals surface area contributed by atoms with Crippen molar-refractivity contribution in [2.45, 2.75) is 39.3 Å². The van der Waals surface area contributed by atoms with Crippen molar-refractivity contribution in [3.8, 4) is 0 Å². The normalized spacial score (nSPS) is 13.3. The summed E-state index contributed by atoms with van der Waals surface area (Å²) >= 11 is 3.39. The number of carbonyl (C=O) groups excluding carboxylic acids is 1. The summed E-state index contributed by atoms with van der Waals surface area (Å²) in [5.41, 5.74) is 0.963. The first-order chi connectivity index (χ1) is 7.74. The highest BCUT2D eigenvalue weighted by molar-refractivity contribution is 9.10. The summed E-state index contributed by atoms with van der Waals surface area (Å²) in [5, 5.41) is 12.4. The Bertz CT molecular complexity index is 427. The average Bonchev–Trinajstić information content (AvgIpc) is 2.21. The van der Waals surface area contributed by atoms with Crippen molar-refractivity contribution < 1.29 is 9.90 Å². The smallest absolute Gasteiger partial charge is 0.251 e. The number of aryl methyl sites for hydroxylation is 1. The number of benzene rings is 1. The molecular formula is C13H18BrNO2. The molecule has 0 aliphatic carbocycles. The zero-order chi connectivity index (χ0) is 13.2. The lowest BCUT2D eigenvalue weighted by molar-refractivity contribution is 0.0709. The van der Waals surface area contributed by atoms with Crippen LogP contribution in [0.3, 0.4) is 0 Å². The molecule has 3 nitrogen and oxygen atoms in total. The number of nitrogens with one attached hydrogen (secondary N) is 1. The molecule has 17 heavy (non-hydrogen) atoms. The molecule has 4 heteroatoms. The maximum absolute atomic E-state index is 12.0. The minimum atomic E-state index is -0.641. The maximum Gasteiger partial charge on any atom is 0.251 e. The quantitative estimate of drug-likeness (QED) is 0.901. The summed E-state index contributed by atoms with van der Waals surface area (Å²) in [4.78, 5) is 12.0. The molecule has 1 amide bonds. The number of hydrogen-bond donors (Lipinski definition) is 2. The summed E-state index contributed by atoms with van der Waals surface area (Å²) in [6.07, 6.45) is -0.608. The number of rotatable bonds is 3. The van der Waals surface area contributed by atoms with E-state index in [1.165, 1.54) is 0 Å². The predicted molar refractivity (Wildman–Crippen MR) is 72.1 cm³/mol. The molecule has 2 N–H and O–H groups in total. The first kappa shape index (κ1) is 14.2. The average molecular weight is 300 g/mol. The molecule has 0 bridgehead atoms. The van der Waals surface area contributed by atoms with Gasteiger partial charge < -0.3 is 10.4 Å². The van der Waals surface area contributed by atoms with Gasteiger partial charge in [0.25, 0.3) is 5.91 Å². The van der Waals surface area contributed by atoms with Gasteiger partial charge in [0.05, 0.1) is 11.6 Å². The molecule has 1 rings (SSSR count). The topological polar surface area (TPSA) is 49.3 Å². The van der Waals surface area contributed by atoms with Crippen molar-refractivity contribution in [1.82, 2.24) is 5.32 Å². The van der Waals surface area contributed by atoms with Crippen LogP contribution in [-0.4, -0.2) is 22.7 Å². The molecule has 0 aromatic heterocycles. The Morgan fingerprint density at radius 3 is 2.53 bits per heavy atom. The number of halogens is 1. The summed E-state index contributed by atoms with van der Waals surface area (Å²) in [7, 11) is 0. The molecule has 0 saturated carbocycles. The Morgan fingerprint density at radius 2 is 2.06 bits per heavy atom. The van der Waals surface area contributed by atoms with Crippen LogP contribution in [0.15, 0.2) is 22.7 Å². The van der Waals surface area contributed by atoms with Gasteiger partial charge in [-0.25, -0.2) is 0 Å². The maximum atomic E-state index is 12.0. The Kier molecular flexibility index (Phi) is 4.33. The van der Waals surface area contributed by atoms with E-state index in [2.05, 4.69) is 21.2 Å². The fraction of sp³-hybridized carbons (Fsp3) is 0.462. The largest absolute Gasteiger partial charge is 0.391 e. The summed E-state index contributed by atoms with van der Waals surface area (Å²) in [5.74, 6) is -0.175. The summed E-state index contributed by atoms with van der Waals surface area (Å²) in [6, 6.07) is 5.42. The van der Waals surface area contributed by atoms with Gasteiger partial charge in [0, 0.05) is 10.0 Å². The third-order valence-corrected chi connectivity index (χ3v) is 3.79. The molecule has 1 atom stereocenters. The molecule has 1 unspecified atom stereocenters. The highest BCUT2D eigenvalue weighted by atomic mass is 79.9. The molecule has 0 radical (unpaired) electrons. The van der Waals surface area contributed by atoms with Crippen LogP contribution in [0, 0.1) is 6.92 Å². The lowest BCUT2D eigenvalue weighted by atomic mass is 9.98. The number of aliphatic hydroxyl groups excluding tert-OH is 1. The van der Waals surface area contributed by atoms with Crippen LogP contribution < -0.4 is 5.32 Å². The molecule has 0 aliphatic heterocycles. The van der Waals surface area contributed by atoms with Gasteiger partial charge in [0.2, 0.25) is 0 Å². The highest BCUT2D eigenvalue weighted by Crippen LogP contribution is 2.18. The second kappa shape index (κ2) is 5.19. The van der Waals surface area contributed by atoms with E-state index in [4.69, 9.17) is 0 Å². The highest BCUT2D eigenvalue weighted by Gasteiger charge is 2.26. The van der Waals surface area contributed by atoms with Gasteiger partial charge in [-0.3, -0.25) is 4.79 Å². The van der Waals surface area contributed by atoms with E-state index in [-0.39, 0.29) is 5.91 Å². The van der Waals surface area contributed by atoms with Crippen LogP contribution in [0.2, 0.25) is 0 Å². The van der Waals surface area contributed by atoms with Crippen LogP contribution >= 0.6 is 15.9 Å². The van der Waals surface area contributed by atoms with Crippen LogP contribution in [0.25, 0.3) is 0 Å². The van der Waals surface area contributed by atoms with E-state index in [1.807, 2.05) is 19.1 Å². The lowest BCUT2D eigenvalue weighted by Crippen LogP contribution is -2.50. The van der Waals surface area contributed by atoms with E-state index < -0.39 is 11.6 Å². The summed E-state index contributed by atoms with van der Waals surface area (Å²) in [6.45, 7) is 7.18. The SMILES string of the molecule is Cc1cc(C(=O)NC(C)(C)C(C)O)ccc1Br. The molecule has 0 spiro atoms. The van der Waals surface area contributed by atoms with Crippen molar-refractivity contribution in [3.05, 3.63) is 33.8 Å². The number of hydrogen-bond acceptors (Lipinski definition) is 2. The molecule has 0 aliphatic rings. The second-order valence-corrected chi connectivity index (χ2v) is 5.67. The van der Waals surface area contributed by atoms with Gasteiger partial charge >= 0.3 is 0 Å². The van der Waals surface area contributed by atoms with Crippen LogP contribution in [0.4, 0.5) is 0 Å². The van der Waals surface area contributed by atoms with Crippen LogP contribution in [0.1, 0.15) is 36.7 Å². The van der Waals surface area contributed by atoms with Gasteiger partial charge in [0.15, 0.2) is 0 Å². The molecule has 0 saturated heterocycles. The number of amides is 1. The van der Waals surface area contributed by atoms with Crippen molar-refractivity contribution in [3.63, 3.8) is 0 Å². The van der Waals surface area contributed by atoms with Gasteiger partial charge in [-0.1, -0.05) is 15.9 Å². The van der Waals surface area contributed by atoms with Gasteiger partial charge in [0.1, 0.15) is 0 Å². The van der Waals surface area contributed by atoms with E-state index >= 15 is 0 Å². The third-order valence-electron chi connectivity index (χ3n) is 2.90. The van der Waals surface area contributed by atoms with Crippen molar-refractivity contribution in [2.75, 3.05) is 0 Å². The van der Waals surface area contributed by atoms with Crippen LogP contribution in [0.5, 0.6) is 0 Å². The first-order valence-electron chi connectivity index (χ1n) is 5.51. The van der Waals surface area contributed by atoms with Gasteiger partial charge in [-0.15, -0.1) is 0 Å². The number of carbonyl (C=O) groups is 1. The third kappa shape index (κ3) is 3.54. The minimum Gasteiger partial charge on any atom is -0.391 e. The van der Waals surface area contributed by atoms with Crippen molar-refractivity contribution in [1.29, 1.82) is 0 Å². The Balaban J connectivity index is 2.87. The van der Waals surface area contributed by atoms with E-state index in [1.54, 1.807) is 26.8 Å². The standard InChI is InChI=1S/C13H18BrNO2/c1-8-7-10(5-6-11(8)14)12(17)15-13(3,4)9(2)16/h5-7,9,16H,1-4H3,(H,15,17). The molecule has 1 aromatic carbocycles. The van der Waals surface area contributed by atoms with E-state index in [0.717, 1.165) is 10.0 Å². The zero-order valence-corrected chi connectivity index (χ0v) is 12.1. The second-order valence-electron chi connectivity index (χ2n) is 4.82. The van der Waals surface area contributed by atoms with Crippen LogP contribution in [-0.2, 0) is 0 Å². The van der Waals surface area contributed by atoms with Crippen molar-refractivity contribution >= 4 is 21.8 Å². The molecule has 94 valence electrons. The van der Waals surface area contributed by atoms with Gasteiger partial charge in [-0.2, -0.15) is 0 Å². The van der Waals surface area contributed by atoms with Crippen molar-refractivity contribution in [2.24, 2.45) is 0 Å². The molecule has 0 fully saturated rings. The first-order valence-corrected chi connectivity index (χ1v) is 6.30. The zero-order valence-electron chi connectivity index (χ0n) is 10.5. The van der Waals surface area contributed by atoms with E-state index in [0.29, 0.717) is 5.56 Å². The molecular weight excluding hydrogens is 282 g/mol. The fourth-order valence-corrected chi connectivity index (χ4v) is 1.50. The Morgan fingerprint density at radius 1 is 1.47 bits per heavy atom. The fourth-order valence-electron chi connectivity index (χ4n) is 1.26. The predicted octanol–water partition coefficient (Wildman–Crippen LogP) is 2.65. The Labute approximate surface area is 110 Å². The lowest BCUT2D eigenvalue weighted by Gasteiger charge is -2.29. The van der Waals surface area contributed by atoms with E-state index in [9.17, 15) is 9.90 Å². The number of aliphatic hydroxyl groups is 1.